The van der Waals surface area contributed by atoms with Crippen molar-refractivity contribution in [2.24, 2.45) is 0 Å². The standard InChI is InChI=1S/C15H19N3O2/c1-3-16-13-10-14(15(20)18(2)8-9-19)17-12-7-5-4-6-11(12)13/h4-7,10,19H,3,8-9H2,1-2H3,(H,16,17). The number of hydrogen-bond acceptors (Lipinski definition) is 4. The van der Waals surface area contributed by atoms with Gasteiger partial charge in [-0.25, -0.2) is 4.98 Å². The van der Waals surface area contributed by atoms with Gasteiger partial charge in [0.25, 0.3) is 5.91 Å². The number of hydrogen-bond donors (Lipinski definition) is 2. The molecule has 0 atom stereocenters. The Balaban J connectivity index is 2.46. The van der Waals surface area contributed by atoms with Crippen LogP contribution in [0.5, 0.6) is 0 Å². The highest BCUT2D eigenvalue weighted by atomic mass is 16.3. The summed E-state index contributed by atoms with van der Waals surface area (Å²) in [5.74, 6) is -0.191. The molecule has 2 rings (SSSR count). The summed E-state index contributed by atoms with van der Waals surface area (Å²) < 4.78 is 0. The lowest BCUT2D eigenvalue weighted by Crippen LogP contribution is -2.30. The molecule has 20 heavy (non-hydrogen) atoms. The molecule has 0 fully saturated rings. The zero-order chi connectivity index (χ0) is 14.5. The third-order valence-electron chi connectivity index (χ3n) is 3.08. The molecular weight excluding hydrogens is 254 g/mol. The fourth-order valence-electron chi connectivity index (χ4n) is 2.07. The average Bonchev–Trinajstić information content (AvgIpc) is 2.47. The van der Waals surface area contributed by atoms with Crippen molar-refractivity contribution in [3.63, 3.8) is 0 Å². The van der Waals surface area contributed by atoms with Crippen LogP contribution < -0.4 is 5.32 Å². The first-order chi connectivity index (χ1) is 9.67. The molecule has 2 aromatic rings. The molecule has 5 nitrogen and oxygen atoms in total. The van der Waals surface area contributed by atoms with Crippen molar-refractivity contribution in [3.8, 4) is 0 Å². The number of fused-ring (bicyclic) bond motifs is 1. The molecule has 0 aliphatic carbocycles. The highest BCUT2D eigenvalue weighted by Crippen LogP contribution is 2.23. The molecule has 1 aromatic heterocycles. The number of benzene rings is 1. The summed E-state index contributed by atoms with van der Waals surface area (Å²) in [4.78, 5) is 18.1. The van der Waals surface area contributed by atoms with Crippen molar-refractivity contribution in [1.29, 1.82) is 0 Å². The Morgan fingerprint density at radius 1 is 1.40 bits per heavy atom. The molecular formula is C15H19N3O2. The number of anilines is 1. The lowest BCUT2D eigenvalue weighted by molar-refractivity contribution is 0.0761. The summed E-state index contributed by atoms with van der Waals surface area (Å²) >= 11 is 0. The fraction of sp³-hybridized carbons (Fsp3) is 0.333. The minimum atomic E-state index is -0.191. The summed E-state index contributed by atoms with van der Waals surface area (Å²) in [5.41, 5.74) is 2.07. The van der Waals surface area contributed by atoms with Crippen molar-refractivity contribution in [2.75, 3.05) is 32.1 Å². The first-order valence-corrected chi connectivity index (χ1v) is 6.67. The number of carbonyl (C=O) groups excluding carboxylic acids is 1. The highest BCUT2D eigenvalue weighted by Gasteiger charge is 2.15. The number of aliphatic hydroxyl groups is 1. The van der Waals surface area contributed by atoms with Crippen molar-refractivity contribution >= 4 is 22.5 Å². The third kappa shape index (κ3) is 2.88. The largest absolute Gasteiger partial charge is 0.395 e. The number of pyridine rings is 1. The molecule has 0 radical (unpaired) electrons. The van der Waals surface area contributed by atoms with Gasteiger partial charge in [-0.2, -0.15) is 0 Å². The number of aliphatic hydroxyl groups excluding tert-OH is 1. The number of para-hydroxylation sites is 1. The maximum atomic E-state index is 12.3. The van der Waals surface area contributed by atoms with E-state index in [-0.39, 0.29) is 12.5 Å². The highest BCUT2D eigenvalue weighted by molar-refractivity contribution is 5.99. The van der Waals surface area contributed by atoms with E-state index >= 15 is 0 Å². The van der Waals surface area contributed by atoms with Crippen LogP contribution in [-0.4, -0.2) is 47.6 Å². The van der Waals surface area contributed by atoms with Gasteiger partial charge in [-0.1, -0.05) is 18.2 Å². The van der Waals surface area contributed by atoms with Crippen LogP contribution in [0.15, 0.2) is 30.3 Å². The molecule has 0 saturated heterocycles. The van der Waals surface area contributed by atoms with Crippen LogP contribution in [0.3, 0.4) is 0 Å². The van der Waals surface area contributed by atoms with Gasteiger partial charge in [-0.3, -0.25) is 4.79 Å². The summed E-state index contributed by atoms with van der Waals surface area (Å²) in [7, 11) is 1.66. The summed E-state index contributed by atoms with van der Waals surface area (Å²) in [6.45, 7) is 3.02. The van der Waals surface area contributed by atoms with Crippen LogP contribution in [0.1, 0.15) is 17.4 Å². The number of amides is 1. The molecule has 1 heterocycles. The third-order valence-corrected chi connectivity index (χ3v) is 3.08. The van der Waals surface area contributed by atoms with E-state index < -0.39 is 0 Å². The second-order valence-electron chi connectivity index (χ2n) is 4.55. The quantitative estimate of drug-likeness (QED) is 0.870. The van der Waals surface area contributed by atoms with Crippen molar-refractivity contribution in [3.05, 3.63) is 36.0 Å². The van der Waals surface area contributed by atoms with E-state index in [1.807, 2.05) is 31.2 Å². The monoisotopic (exact) mass is 273 g/mol. The van der Waals surface area contributed by atoms with Gasteiger partial charge >= 0.3 is 0 Å². The van der Waals surface area contributed by atoms with Gasteiger partial charge in [0.2, 0.25) is 0 Å². The van der Waals surface area contributed by atoms with Gasteiger partial charge in [-0.15, -0.1) is 0 Å². The zero-order valence-electron chi connectivity index (χ0n) is 11.8. The molecule has 2 N–H and O–H groups in total. The number of carbonyl (C=O) groups is 1. The van der Waals surface area contributed by atoms with Crippen molar-refractivity contribution < 1.29 is 9.90 Å². The predicted molar refractivity (Wildman–Crippen MR) is 80.0 cm³/mol. The van der Waals surface area contributed by atoms with Crippen LogP contribution >= 0.6 is 0 Å². The minimum Gasteiger partial charge on any atom is -0.395 e. The van der Waals surface area contributed by atoms with E-state index in [0.29, 0.717) is 12.2 Å². The first-order valence-electron chi connectivity index (χ1n) is 6.67. The van der Waals surface area contributed by atoms with Crippen molar-refractivity contribution in [2.45, 2.75) is 6.92 Å². The Labute approximate surface area is 118 Å². The first kappa shape index (κ1) is 14.3. The van der Waals surface area contributed by atoms with E-state index in [2.05, 4.69) is 10.3 Å². The van der Waals surface area contributed by atoms with E-state index in [4.69, 9.17) is 5.11 Å². The van der Waals surface area contributed by atoms with E-state index in [9.17, 15) is 4.79 Å². The zero-order valence-corrected chi connectivity index (χ0v) is 11.8. The molecule has 106 valence electrons. The van der Waals surface area contributed by atoms with Gasteiger partial charge in [0.1, 0.15) is 5.69 Å². The van der Waals surface area contributed by atoms with Gasteiger partial charge in [-0.05, 0) is 19.1 Å². The molecule has 1 aromatic carbocycles. The van der Waals surface area contributed by atoms with Crippen LogP contribution in [0.4, 0.5) is 5.69 Å². The molecule has 0 spiro atoms. The SMILES string of the molecule is CCNc1cc(C(=O)N(C)CCO)nc2ccccc12. The Bertz CT molecular complexity index is 613. The van der Waals surface area contributed by atoms with Gasteiger partial charge in [0, 0.05) is 31.2 Å². The number of nitrogens with zero attached hydrogens (tertiary/aromatic N) is 2. The predicted octanol–water partition coefficient (Wildman–Crippen LogP) is 1.73. The Kier molecular flexibility index (Phi) is 4.53. The Morgan fingerprint density at radius 3 is 2.85 bits per heavy atom. The number of nitrogens with one attached hydrogen (secondary N) is 1. The molecule has 5 heteroatoms. The topological polar surface area (TPSA) is 65.5 Å². The molecule has 1 amide bonds. The van der Waals surface area contributed by atoms with Crippen LogP contribution in [0.25, 0.3) is 10.9 Å². The van der Waals surface area contributed by atoms with Crippen molar-refractivity contribution in [1.82, 2.24) is 9.88 Å². The van der Waals surface area contributed by atoms with Crippen LogP contribution in [-0.2, 0) is 0 Å². The molecule has 0 aliphatic heterocycles. The summed E-state index contributed by atoms with van der Waals surface area (Å²) in [5, 5.41) is 13.2. The fourth-order valence-corrected chi connectivity index (χ4v) is 2.07. The van der Waals surface area contributed by atoms with Gasteiger partial charge < -0.3 is 15.3 Å². The number of aromatic nitrogens is 1. The maximum absolute atomic E-state index is 12.3. The van der Waals surface area contributed by atoms with E-state index in [0.717, 1.165) is 23.1 Å². The summed E-state index contributed by atoms with van der Waals surface area (Å²) in [6.07, 6.45) is 0. The Morgan fingerprint density at radius 2 is 2.15 bits per heavy atom. The smallest absolute Gasteiger partial charge is 0.272 e. The molecule has 0 saturated carbocycles. The summed E-state index contributed by atoms with van der Waals surface area (Å²) in [6, 6.07) is 9.48. The molecule has 0 bridgehead atoms. The minimum absolute atomic E-state index is 0.0596. The lowest BCUT2D eigenvalue weighted by Gasteiger charge is -2.16. The second-order valence-corrected chi connectivity index (χ2v) is 4.55. The van der Waals surface area contributed by atoms with Gasteiger partial charge in [0.15, 0.2) is 0 Å². The number of rotatable bonds is 5. The van der Waals surface area contributed by atoms with E-state index in [1.54, 1.807) is 13.1 Å². The van der Waals surface area contributed by atoms with E-state index in [1.165, 1.54) is 4.90 Å². The lowest BCUT2D eigenvalue weighted by atomic mass is 10.1. The normalized spacial score (nSPS) is 10.6. The number of likely N-dealkylation sites (N-methyl/N-ethyl adjacent to an activating group) is 1. The molecule has 0 aliphatic rings. The maximum Gasteiger partial charge on any atom is 0.272 e. The average molecular weight is 273 g/mol. The molecule has 0 unspecified atom stereocenters. The van der Waals surface area contributed by atoms with Crippen LogP contribution in [0.2, 0.25) is 0 Å². The van der Waals surface area contributed by atoms with Gasteiger partial charge in [0.05, 0.1) is 12.1 Å². The van der Waals surface area contributed by atoms with Crippen LogP contribution in [0, 0.1) is 0 Å². The second kappa shape index (κ2) is 6.34. The Hall–Kier alpha value is -2.14.